The van der Waals surface area contributed by atoms with E-state index in [-0.39, 0.29) is 24.2 Å². The predicted octanol–water partition coefficient (Wildman–Crippen LogP) is 2.24. The second-order valence-electron chi connectivity index (χ2n) is 5.94. The molecule has 0 fully saturated rings. The highest BCUT2D eigenvalue weighted by molar-refractivity contribution is 6.34. The van der Waals surface area contributed by atoms with Crippen molar-refractivity contribution in [2.45, 2.75) is 25.9 Å². The summed E-state index contributed by atoms with van der Waals surface area (Å²) < 4.78 is 12.8. The first-order chi connectivity index (χ1) is 11.9. The zero-order valence-electron chi connectivity index (χ0n) is 14.2. The number of hydrogen-bond acceptors (Lipinski definition) is 3. The zero-order valence-corrected chi connectivity index (χ0v) is 14.2. The summed E-state index contributed by atoms with van der Waals surface area (Å²) in [6.07, 6.45) is 0.563. The fraction of sp³-hybridized carbons (Fsp3) is 0.263. The number of amides is 2. The summed E-state index contributed by atoms with van der Waals surface area (Å²) in [5, 5.41) is 11.8. The van der Waals surface area contributed by atoms with Crippen molar-refractivity contribution >= 4 is 11.8 Å². The summed E-state index contributed by atoms with van der Waals surface area (Å²) in [6, 6.07) is 12.2. The van der Waals surface area contributed by atoms with E-state index in [2.05, 4.69) is 5.32 Å². The van der Waals surface area contributed by atoms with Crippen LogP contribution in [0.1, 0.15) is 18.1 Å². The maximum absolute atomic E-state index is 12.8. The third-order valence-corrected chi connectivity index (χ3v) is 4.01. The molecule has 0 spiro atoms. The van der Waals surface area contributed by atoms with Gasteiger partial charge >= 0.3 is 11.8 Å². The molecule has 25 heavy (non-hydrogen) atoms. The van der Waals surface area contributed by atoms with Crippen LogP contribution < -0.4 is 5.32 Å². The van der Waals surface area contributed by atoms with Crippen LogP contribution in [0.4, 0.5) is 4.39 Å². The Hall–Kier alpha value is -2.89. The molecule has 1 atom stereocenters. The average Bonchev–Trinajstić information content (AvgIpc) is 2.61. The van der Waals surface area contributed by atoms with Crippen LogP contribution in [0.15, 0.2) is 48.5 Å². The minimum atomic E-state index is -0.704. The number of rotatable bonds is 5. The standard InChI is InChI=1S/C19H21FN2O3/c1-13(11-14-5-9-17(23)10-6-14)22(2)19(25)18(24)21-12-15-3-7-16(20)8-4-15/h3-10,13,23H,11-12H2,1-2H3,(H,21,24). The Bertz CT molecular complexity index is 729. The van der Waals surface area contributed by atoms with Crippen molar-refractivity contribution in [1.82, 2.24) is 10.2 Å². The lowest BCUT2D eigenvalue weighted by atomic mass is 10.1. The quantitative estimate of drug-likeness (QED) is 0.818. The summed E-state index contributed by atoms with van der Waals surface area (Å²) in [4.78, 5) is 25.6. The van der Waals surface area contributed by atoms with Gasteiger partial charge in [0.15, 0.2) is 0 Å². The van der Waals surface area contributed by atoms with Crippen molar-refractivity contribution in [3.05, 3.63) is 65.5 Å². The van der Waals surface area contributed by atoms with E-state index >= 15 is 0 Å². The minimum Gasteiger partial charge on any atom is -0.508 e. The molecule has 0 aliphatic heterocycles. The van der Waals surface area contributed by atoms with E-state index in [1.54, 1.807) is 43.4 Å². The Balaban J connectivity index is 1.87. The Morgan fingerprint density at radius 3 is 2.24 bits per heavy atom. The van der Waals surface area contributed by atoms with Crippen LogP contribution in [0.5, 0.6) is 5.75 Å². The monoisotopic (exact) mass is 344 g/mol. The molecule has 2 amide bonds. The van der Waals surface area contributed by atoms with Crippen molar-refractivity contribution in [3.8, 4) is 5.75 Å². The molecule has 132 valence electrons. The summed E-state index contributed by atoms with van der Waals surface area (Å²) in [7, 11) is 1.57. The van der Waals surface area contributed by atoms with Crippen molar-refractivity contribution in [2.24, 2.45) is 0 Å². The van der Waals surface area contributed by atoms with Gasteiger partial charge in [-0.15, -0.1) is 0 Å². The van der Waals surface area contributed by atoms with E-state index in [9.17, 15) is 19.1 Å². The molecule has 0 heterocycles. The third kappa shape index (κ3) is 5.31. The van der Waals surface area contributed by atoms with Gasteiger partial charge in [0.05, 0.1) is 0 Å². The van der Waals surface area contributed by atoms with Crippen LogP contribution in [0.2, 0.25) is 0 Å². The third-order valence-electron chi connectivity index (χ3n) is 4.01. The molecule has 5 nitrogen and oxygen atoms in total. The Labute approximate surface area is 146 Å². The van der Waals surface area contributed by atoms with Crippen LogP contribution >= 0.6 is 0 Å². The molecule has 0 aliphatic carbocycles. The van der Waals surface area contributed by atoms with Gasteiger partial charge in [-0.2, -0.15) is 0 Å². The molecule has 0 bridgehead atoms. The van der Waals surface area contributed by atoms with Gasteiger partial charge in [0, 0.05) is 19.6 Å². The van der Waals surface area contributed by atoms with Crippen LogP contribution in [0.3, 0.4) is 0 Å². The maximum Gasteiger partial charge on any atom is 0.311 e. The molecule has 0 radical (unpaired) electrons. The number of likely N-dealkylation sites (N-methyl/N-ethyl adjacent to an activating group) is 1. The summed E-state index contributed by atoms with van der Waals surface area (Å²) in [5.41, 5.74) is 1.67. The van der Waals surface area contributed by atoms with Crippen molar-refractivity contribution in [2.75, 3.05) is 7.05 Å². The lowest BCUT2D eigenvalue weighted by Gasteiger charge is -2.24. The van der Waals surface area contributed by atoms with E-state index < -0.39 is 11.8 Å². The number of halogens is 1. The van der Waals surface area contributed by atoms with E-state index in [4.69, 9.17) is 0 Å². The number of hydrogen-bond donors (Lipinski definition) is 2. The maximum atomic E-state index is 12.8. The molecule has 0 saturated heterocycles. The van der Waals surface area contributed by atoms with Gasteiger partial charge in [0.25, 0.3) is 0 Å². The topological polar surface area (TPSA) is 69.6 Å². The van der Waals surface area contributed by atoms with Crippen molar-refractivity contribution < 1.29 is 19.1 Å². The highest BCUT2D eigenvalue weighted by Gasteiger charge is 2.22. The average molecular weight is 344 g/mol. The van der Waals surface area contributed by atoms with E-state index in [1.807, 2.05) is 6.92 Å². The first-order valence-corrected chi connectivity index (χ1v) is 7.94. The number of aromatic hydroxyl groups is 1. The summed E-state index contributed by atoms with van der Waals surface area (Å²) in [5.74, 6) is -1.51. The van der Waals surface area contributed by atoms with Gasteiger partial charge in [-0.25, -0.2) is 4.39 Å². The highest BCUT2D eigenvalue weighted by atomic mass is 19.1. The number of phenols is 1. The Kier molecular flexibility index (Phi) is 6.11. The predicted molar refractivity (Wildman–Crippen MR) is 92.3 cm³/mol. The Morgan fingerprint density at radius 2 is 1.64 bits per heavy atom. The number of carbonyl (C=O) groups excluding carboxylic acids is 2. The van der Waals surface area contributed by atoms with E-state index in [0.717, 1.165) is 5.56 Å². The van der Waals surface area contributed by atoms with Crippen LogP contribution in [-0.2, 0) is 22.6 Å². The minimum absolute atomic E-state index is 0.158. The van der Waals surface area contributed by atoms with Crippen molar-refractivity contribution in [3.63, 3.8) is 0 Å². The van der Waals surface area contributed by atoms with Crippen LogP contribution in [-0.4, -0.2) is 34.9 Å². The SMILES string of the molecule is CC(Cc1ccc(O)cc1)N(C)C(=O)C(=O)NCc1ccc(F)cc1. The summed E-state index contributed by atoms with van der Waals surface area (Å²) >= 11 is 0. The van der Waals surface area contributed by atoms with Crippen molar-refractivity contribution in [1.29, 1.82) is 0 Å². The van der Waals surface area contributed by atoms with Gasteiger partial charge < -0.3 is 15.3 Å². The highest BCUT2D eigenvalue weighted by Crippen LogP contribution is 2.13. The van der Waals surface area contributed by atoms with E-state index in [0.29, 0.717) is 12.0 Å². The van der Waals surface area contributed by atoms with Crippen LogP contribution in [0, 0.1) is 5.82 Å². The zero-order chi connectivity index (χ0) is 18.4. The molecular formula is C19H21FN2O3. The van der Waals surface area contributed by atoms with E-state index in [1.165, 1.54) is 17.0 Å². The molecule has 6 heteroatoms. The van der Waals surface area contributed by atoms with Gasteiger partial charge in [-0.05, 0) is 48.7 Å². The fourth-order valence-corrected chi connectivity index (χ4v) is 2.33. The second kappa shape index (κ2) is 8.28. The molecule has 1 unspecified atom stereocenters. The Morgan fingerprint density at radius 1 is 1.08 bits per heavy atom. The number of nitrogens with one attached hydrogen (secondary N) is 1. The normalized spacial score (nSPS) is 11.6. The van der Waals surface area contributed by atoms with Gasteiger partial charge in [0.2, 0.25) is 0 Å². The smallest absolute Gasteiger partial charge is 0.311 e. The lowest BCUT2D eigenvalue weighted by molar-refractivity contribution is -0.146. The summed E-state index contributed by atoms with van der Waals surface area (Å²) in [6.45, 7) is 2.00. The largest absolute Gasteiger partial charge is 0.508 e. The molecule has 0 aromatic heterocycles. The molecule has 2 N–H and O–H groups in total. The molecule has 2 aromatic carbocycles. The number of nitrogens with zero attached hydrogens (tertiary/aromatic N) is 1. The fourth-order valence-electron chi connectivity index (χ4n) is 2.33. The number of carbonyl (C=O) groups is 2. The first kappa shape index (κ1) is 18.4. The van der Waals surface area contributed by atoms with Gasteiger partial charge in [-0.3, -0.25) is 9.59 Å². The lowest BCUT2D eigenvalue weighted by Crippen LogP contribution is -2.45. The molecule has 0 saturated carbocycles. The molecule has 2 rings (SSSR count). The molecule has 0 aliphatic rings. The van der Waals surface area contributed by atoms with Gasteiger partial charge in [0.1, 0.15) is 11.6 Å². The number of phenolic OH excluding ortho intramolecular Hbond substituents is 1. The van der Waals surface area contributed by atoms with Gasteiger partial charge in [-0.1, -0.05) is 24.3 Å². The second-order valence-corrected chi connectivity index (χ2v) is 5.94. The first-order valence-electron chi connectivity index (χ1n) is 7.94. The molecular weight excluding hydrogens is 323 g/mol. The molecule has 2 aromatic rings. The number of benzene rings is 2. The van der Waals surface area contributed by atoms with Crippen LogP contribution in [0.25, 0.3) is 0 Å².